The van der Waals surface area contributed by atoms with Crippen molar-refractivity contribution in [1.82, 2.24) is 9.97 Å². The minimum absolute atomic E-state index is 0.116. The Labute approximate surface area is 195 Å². The Hall–Kier alpha value is -4.89. The molecule has 174 valence electrons. The van der Waals surface area contributed by atoms with E-state index >= 15 is 0 Å². The molecule has 2 heterocycles. The molecule has 0 bridgehead atoms. The summed E-state index contributed by atoms with van der Waals surface area (Å²) in [7, 11) is -4.23. The lowest BCUT2D eigenvalue weighted by Crippen LogP contribution is -2.30. The first-order valence-corrected chi connectivity index (χ1v) is 10.4. The number of aryl methyl sites for hydroxylation is 1. The molecule has 0 spiro atoms. The van der Waals surface area contributed by atoms with Crippen LogP contribution in [-0.2, 0) is 17.2 Å². The van der Waals surface area contributed by atoms with Gasteiger partial charge in [0.2, 0.25) is 5.69 Å². The van der Waals surface area contributed by atoms with Crippen molar-refractivity contribution < 1.29 is 30.7 Å². The molecule has 0 N–H and O–H groups in total. The van der Waals surface area contributed by atoms with Crippen LogP contribution in [0.2, 0.25) is 0 Å². The molecule has 1 aromatic carbocycles. The third-order valence-corrected chi connectivity index (χ3v) is 4.85. The normalized spacial score (nSPS) is 10.5. The minimum atomic E-state index is -6.09. The van der Waals surface area contributed by atoms with Crippen LogP contribution >= 0.6 is 0 Å². The van der Waals surface area contributed by atoms with Gasteiger partial charge in [-0.05, 0) is 18.2 Å². The summed E-state index contributed by atoms with van der Waals surface area (Å²) >= 11 is 0. The zero-order valence-corrected chi connectivity index (χ0v) is 18.3. The number of halogens is 3. The number of hydrogen-bond acceptors (Lipinski definition) is 9. The fourth-order valence-electron chi connectivity index (χ4n) is 2.71. The molecule has 0 saturated heterocycles. The Morgan fingerprint density at radius 2 is 1.43 bits per heavy atom. The zero-order chi connectivity index (χ0) is 26.4. The summed E-state index contributed by atoms with van der Waals surface area (Å²) in [5, 5.41) is 37.6. The summed E-state index contributed by atoms with van der Waals surface area (Å²) in [6.07, 6.45) is 3.40. The highest BCUT2D eigenvalue weighted by atomic mass is 32.2. The van der Waals surface area contributed by atoms with Crippen molar-refractivity contribution in [3.8, 4) is 35.7 Å². The number of nitriles is 4. The van der Waals surface area contributed by atoms with Gasteiger partial charge in [-0.3, -0.25) is 4.98 Å². The van der Waals surface area contributed by atoms with Gasteiger partial charge in [0.1, 0.15) is 42.5 Å². The van der Waals surface area contributed by atoms with Crippen molar-refractivity contribution in [3.05, 3.63) is 53.2 Å². The number of benzene rings is 1. The molecular weight excluding hydrogens is 487 g/mol. The molecule has 0 aliphatic carbocycles. The second-order valence-electron chi connectivity index (χ2n) is 6.41. The van der Waals surface area contributed by atoms with E-state index in [9.17, 15) is 34.2 Å². The molecule has 0 fully saturated rings. The van der Waals surface area contributed by atoms with Crippen molar-refractivity contribution in [2.45, 2.75) is 5.51 Å². The van der Waals surface area contributed by atoms with Crippen LogP contribution in [0.4, 0.5) is 13.2 Å². The summed E-state index contributed by atoms with van der Waals surface area (Å²) in [5.74, 6) is 0. The van der Waals surface area contributed by atoms with Crippen molar-refractivity contribution in [3.63, 3.8) is 0 Å². The molecule has 0 saturated carbocycles. The summed E-state index contributed by atoms with van der Waals surface area (Å²) in [6.45, 7) is 0. The first-order chi connectivity index (χ1) is 16.4. The van der Waals surface area contributed by atoms with Crippen LogP contribution < -0.4 is 15.0 Å². The van der Waals surface area contributed by atoms with E-state index in [0.717, 1.165) is 5.69 Å². The molecule has 10 nitrogen and oxygen atoms in total. The lowest BCUT2D eigenvalue weighted by molar-refractivity contribution is -0.660. The summed E-state index contributed by atoms with van der Waals surface area (Å²) < 4.78 is 60.8. The third kappa shape index (κ3) is 5.73. The van der Waals surface area contributed by atoms with Crippen molar-refractivity contribution in [1.29, 1.82) is 21.0 Å². The molecule has 2 aromatic heterocycles. The smallest absolute Gasteiger partial charge is 0.485 e. The molecule has 0 radical (unpaired) electrons. The number of fused-ring (bicyclic) bond motifs is 1. The fraction of sp³-hybridized carbons (Fsp3) is 0.0952. The highest BCUT2D eigenvalue weighted by Gasteiger charge is 2.36. The third-order valence-electron chi connectivity index (χ3n) is 4.29. The van der Waals surface area contributed by atoms with Crippen molar-refractivity contribution >= 4 is 32.3 Å². The van der Waals surface area contributed by atoms with Crippen LogP contribution in [0.3, 0.4) is 0 Å². The molecule has 14 heteroatoms. The lowest BCUT2D eigenvalue weighted by atomic mass is 10.1. The average molecular weight is 497 g/mol. The van der Waals surface area contributed by atoms with Gasteiger partial charge in [-0.25, -0.2) is 13.4 Å². The second kappa shape index (κ2) is 10.4. The zero-order valence-electron chi connectivity index (χ0n) is 17.4. The van der Waals surface area contributed by atoms with Crippen LogP contribution in [-0.4, -0.2) is 28.4 Å². The van der Waals surface area contributed by atoms with Gasteiger partial charge in [-0.2, -0.15) is 38.8 Å². The van der Waals surface area contributed by atoms with Gasteiger partial charge in [0.15, 0.2) is 22.0 Å². The van der Waals surface area contributed by atoms with E-state index in [1.54, 1.807) is 0 Å². The quantitative estimate of drug-likeness (QED) is 0.263. The monoisotopic (exact) mass is 497 g/mol. The van der Waals surface area contributed by atoms with E-state index in [2.05, 4.69) is 9.97 Å². The maximum absolute atomic E-state index is 10.7. The number of nitrogens with zero attached hydrogens (tertiary/aromatic N) is 7. The number of hydrogen-bond donors (Lipinski definition) is 0. The molecule has 3 aromatic rings. The number of aromatic nitrogens is 3. The summed E-state index contributed by atoms with van der Waals surface area (Å²) in [6, 6.07) is 16.0. The molecule has 0 atom stereocenters. The van der Waals surface area contributed by atoms with E-state index in [1.807, 2.05) is 60.3 Å². The standard InChI is InChI=1S/C20H10N7.CHF3O3S/c1-27-7-3-2-4-18(27)17-12-25-19-15(13(8-21)9-22)5-6-16(20(19)26-17)14(10-23)11-24;2-1(3,4)8(5,6)7/h2-7,12H,1H3;(H,5,6,7)/q+1;/p-1. The van der Waals surface area contributed by atoms with Gasteiger partial charge in [0.05, 0.1) is 17.2 Å². The van der Waals surface area contributed by atoms with E-state index in [-0.39, 0.29) is 22.2 Å². The Kier molecular flexibility index (Phi) is 7.81. The van der Waals surface area contributed by atoms with Gasteiger partial charge in [-0.1, -0.05) is 0 Å². The van der Waals surface area contributed by atoms with E-state index < -0.39 is 15.6 Å². The van der Waals surface area contributed by atoms with E-state index in [1.165, 1.54) is 18.3 Å². The number of rotatable bonds is 1. The highest BCUT2D eigenvalue weighted by Crippen LogP contribution is 2.20. The molecule has 0 aliphatic rings. The van der Waals surface area contributed by atoms with Crippen molar-refractivity contribution in [2.75, 3.05) is 0 Å². The molecule has 0 aliphatic heterocycles. The Morgan fingerprint density at radius 3 is 1.86 bits per heavy atom. The molecule has 0 unspecified atom stereocenters. The fourth-order valence-corrected chi connectivity index (χ4v) is 2.71. The van der Waals surface area contributed by atoms with Gasteiger partial charge < -0.3 is 4.55 Å². The van der Waals surface area contributed by atoms with Gasteiger partial charge in [0, 0.05) is 22.6 Å². The van der Waals surface area contributed by atoms with E-state index in [4.69, 9.17) is 13.0 Å². The summed E-state index contributed by atoms with van der Waals surface area (Å²) in [5.41, 5.74) is -3.99. The SMILES string of the molecule is C[n+]1ccccc1-c1cnc2c(=C(C#N)C#N)ccc(=C(C#N)C#N)c2n1.O=S(=O)([O-])C(F)(F)F. The van der Waals surface area contributed by atoms with Gasteiger partial charge >= 0.3 is 5.51 Å². The van der Waals surface area contributed by atoms with Gasteiger partial charge in [-0.15, -0.1) is 0 Å². The summed E-state index contributed by atoms with van der Waals surface area (Å²) in [4.78, 5) is 8.99. The molecule has 3 rings (SSSR count). The predicted molar refractivity (Wildman–Crippen MR) is 110 cm³/mol. The first kappa shape index (κ1) is 26.4. The largest absolute Gasteiger partial charge is 0.741 e. The number of alkyl halides is 3. The first-order valence-electron chi connectivity index (χ1n) is 9.01. The van der Waals surface area contributed by atoms with E-state index in [0.29, 0.717) is 16.1 Å². The molecular formula is C21H10F3N7O3S. The van der Waals surface area contributed by atoms with Crippen LogP contribution in [0.25, 0.3) is 33.6 Å². The maximum atomic E-state index is 10.7. The lowest BCUT2D eigenvalue weighted by Gasteiger charge is -2.08. The Balaban J connectivity index is 0.000000466. The highest BCUT2D eigenvalue weighted by molar-refractivity contribution is 7.86. The Bertz CT molecular complexity index is 1690. The van der Waals surface area contributed by atoms with Crippen LogP contribution in [0.15, 0.2) is 42.7 Å². The Morgan fingerprint density at radius 1 is 0.943 bits per heavy atom. The van der Waals surface area contributed by atoms with Gasteiger partial charge in [0.25, 0.3) is 0 Å². The topological polar surface area (TPSA) is 182 Å². The van der Waals surface area contributed by atoms with Crippen LogP contribution in [0.5, 0.6) is 0 Å². The predicted octanol–water partition coefficient (Wildman–Crippen LogP) is 0.568. The number of pyridine rings is 1. The molecule has 35 heavy (non-hydrogen) atoms. The molecule has 0 amide bonds. The van der Waals surface area contributed by atoms with Crippen LogP contribution in [0.1, 0.15) is 0 Å². The second-order valence-corrected chi connectivity index (χ2v) is 7.78. The minimum Gasteiger partial charge on any atom is -0.741 e. The average Bonchev–Trinajstić information content (AvgIpc) is 2.80. The van der Waals surface area contributed by atoms with Crippen molar-refractivity contribution in [2.24, 2.45) is 7.05 Å². The van der Waals surface area contributed by atoms with Crippen LogP contribution in [0, 0.1) is 45.3 Å². The maximum Gasteiger partial charge on any atom is 0.485 e.